The molecule has 1 saturated carbocycles. The van der Waals surface area contributed by atoms with Gasteiger partial charge in [0.25, 0.3) is 5.91 Å². The molecule has 12 heteroatoms. The van der Waals surface area contributed by atoms with Crippen LogP contribution in [0.15, 0.2) is 47.4 Å². The highest BCUT2D eigenvalue weighted by molar-refractivity contribution is 7.91. The van der Waals surface area contributed by atoms with Gasteiger partial charge in [-0.2, -0.15) is 26.3 Å². The van der Waals surface area contributed by atoms with Gasteiger partial charge in [-0.1, -0.05) is 12.1 Å². The van der Waals surface area contributed by atoms with E-state index >= 15 is 0 Å². The van der Waals surface area contributed by atoms with Gasteiger partial charge in [0.05, 0.1) is 33.4 Å². The molecule has 1 aliphatic carbocycles. The molecule has 2 aromatic rings. The van der Waals surface area contributed by atoms with E-state index in [0.717, 1.165) is 19.3 Å². The molecule has 36 heavy (non-hydrogen) atoms. The normalized spacial score (nSPS) is 19.8. The smallest absolute Gasteiger partial charge is 0.344 e. The van der Waals surface area contributed by atoms with E-state index in [2.05, 4.69) is 10.6 Å². The maximum absolute atomic E-state index is 13.5. The van der Waals surface area contributed by atoms with E-state index in [0.29, 0.717) is 18.5 Å². The van der Waals surface area contributed by atoms with Gasteiger partial charge in [-0.25, -0.2) is 8.42 Å². The third-order valence-electron chi connectivity index (χ3n) is 6.43. The van der Waals surface area contributed by atoms with Crippen LogP contribution in [0.5, 0.6) is 0 Å². The molecule has 0 radical (unpaired) electrons. The van der Waals surface area contributed by atoms with Crippen molar-refractivity contribution >= 4 is 15.7 Å². The van der Waals surface area contributed by atoms with Crippen molar-refractivity contribution in [1.82, 2.24) is 10.6 Å². The number of amides is 1. The van der Waals surface area contributed by atoms with Crippen molar-refractivity contribution in [2.75, 3.05) is 12.3 Å². The van der Waals surface area contributed by atoms with E-state index < -0.39 is 56.9 Å². The molecule has 1 amide bonds. The number of sulfone groups is 1. The first-order valence-electron chi connectivity index (χ1n) is 11.4. The summed E-state index contributed by atoms with van der Waals surface area (Å²) in [5.41, 5.74) is -3.56. The van der Waals surface area contributed by atoms with Crippen molar-refractivity contribution < 1.29 is 39.6 Å². The lowest BCUT2D eigenvalue weighted by Crippen LogP contribution is -2.41. The predicted molar refractivity (Wildman–Crippen MR) is 119 cm³/mol. The lowest BCUT2D eigenvalue weighted by Gasteiger charge is -2.26. The molecule has 1 unspecified atom stereocenters. The minimum absolute atomic E-state index is 0.0342. The topological polar surface area (TPSA) is 75.3 Å². The second-order valence-electron chi connectivity index (χ2n) is 9.20. The standard InChI is InChI=1S/C24H24F6N2O3S/c25-23(26,27)16-7-10-19(24(28,29)30)18(12-16)22(33)32-21(20-2-1-11-31-20)15-5-8-17(9-6-15)36(34,35)13-14-3-4-14/h5-10,12,14,20-21,31H,1-4,11,13H2,(H,32,33)/t20-,21?/m1/s1. The summed E-state index contributed by atoms with van der Waals surface area (Å²) in [5, 5.41) is 5.60. The van der Waals surface area contributed by atoms with Crippen LogP contribution in [-0.4, -0.2) is 32.7 Å². The first-order valence-corrected chi connectivity index (χ1v) is 13.1. The molecule has 2 fully saturated rings. The number of halogens is 6. The van der Waals surface area contributed by atoms with Crippen molar-refractivity contribution in [3.63, 3.8) is 0 Å². The molecule has 2 atom stereocenters. The van der Waals surface area contributed by atoms with Gasteiger partial charge in [-0.15, -0.1) is 0 Å². The third-order valence-corrected chi connectivity index (χ3v) is 8.34. The summed E-state index contributed by atoms with van der Waals surface area (Å²) < 4.78 is 105. The van der Waals surface area contributed by atoms with Gasteiger partial charge in [0.2, 0.25) is 0 Å². The molecule has 2 N–H and O–H groups in total. The number of benzene rings is 2. The van der Waals surface area contributed by atoms with Crippen LogP contribution < -0.4 is 10.6 Å². The van der Waals surface area contributed by atoms with E-state index in [1.54, 1.807) is 0 Å². The van der Waals surface area contributed by atoms with Gasteiger partial charge < -0.3 is 10.6 Å². The average Bonchev–Trinajstić information content (AvgIpc) is 3.43. The molecule has 2 aliphatic rings. The van der Waals surface area contributed by atoms with Crippen molar-refractivity contribution in [1.29, 1.82) is 0 Å². The summed E-state index contributed by atoms with van der Waals surface area (Å²) in [4.78, 5) is 13.1. The van der Waals surface area contributed by atoms with Crippen LogP contribution in [0, 0.1) is 5.92 Å². The SMILES string of the molecule is O=C(NC(c1ccc(S(=O)(=O)CC2CC2)cc1)[C@H]1CCCN1)c1cc(C(F)(F)F)ccc1C(F)(F)F. The Kier molecular flexibility index (Phi) is 7.13. The summed E-state index contributed by atoms with van der Waals surface area (Å²) in [5.74, 6) is -1.14. The summed E-state index contributed by atoms with van der Waals surface area (Å²) >= 11 is 0. The van der Waals surface area contributed by atoms with Crippen LogP contribution in [0.2, 0.25) is 0 Å². The van der Waals surface area contributed by atoms with Crippen LogP contribution in [-0.2, 0) is 22.2 Å². The lowest BCUT2D eigenvalue weighted by molar-refractivity contribution is -0.141. The zero-order valence-electron chi connectivity index (χ0n) is 18.9. The van der Waals surface area contributed by atoms with Crippen LogP contribution >= 0.6 is 0 Å². The van der Waals surface area contributed by atoms with Crippen LogP contribution in [0.1, 0.15) is 58.8 Å². The Morgan fingerprint density at radius 3 is 2.17 bits per heavy atom. The summed E-state index contributed by atoms with van der Waals surface area (Å²) in [6.07, 6.45) is -6.99. The summed E-state index contributed by atoms with van der Waals surface area (Å²) in [7, 11) is -3.50. The number of hydrogen-bond donors (Lipinski definition) is 2. The first kappa shape index (κ1) is 26.5. The van der Waals surface area contributed by atoms with Crippen molar-refractivity contribution in [3.05, 3.63) is 64.7 Å². The number of rotatable bonds is 7. The molecule has 196 valence electrons. The number of carbonyl (C=O) groups is 1. The average molecular weight is 535 g/mol. The minimum atomic E-state index is -5.05. The highest BCUT2D eigenvalue weighted by atomic mass is 32.2. The first-order chi connectivity index (χ1) is 16.8. The van der Waals surface area contributed by atoms with Gasteiger partial charge in [0, 0.05) is 6.04 Å². The molecular formula is C24H24F6N2O3S. The van der Waals surface area contributed by atoms with Gasteiger partial charge in [0.1, 0.15) is 0 Å². The van der Waals surface area contributed by atoms with E-state index in [1.807, 2.05) is 0 Å². The zero-order chi connectivity index (χ0) is 26.3. The Morgan fingerprint density at radius 1 is 0.972 bits per heavy atom. The molecule has 0 bridgehead atoms. The minimum Gasteiger partial charge on any atom is -0.344 e. The fourth-order valence-corrected chi connectivity index (χ4v) is 6.06. The molecule has 2 aromatic carbocycles. The molecular weight excluding hydrogens is 510 g/mol. The Labute approximate surface area is 204 Å². The number of nitrogens with one attached hydrogen (secondary N) is 2. The molecule has 1 saturated heterocycles. The molecule has 0 spiro atoms. The van der Waals surface area contributed by atoms with Crippen LogP contribution in [0.3, 0.4) is 0 Å². The number of alkyl halides is 6. The van der Waals surface area contributed by atoms with Crippen molar-refractivity contribution in [2.24, 2.45) is 5.92 Å². The van der Waals surface area contributed by atoms with E-state index in [9.17, 15) is 39.6 Å². The fraction of sp³-hybridized carbons (Fsp3) is 0.458. The van der Waals surface area contributed by atoms with E-state index in [4.69, 9.17) is 0 Å². The second-order valence-corrected chi connectivity index (χ2v) is 11.2. The second kappa shape index (κ2) is 9.70. The Balaban J connectivity index is 1.65. The number of carbonyl (C=O) groups excluding carboxylic acids is 1. The van der Waals surface area contributed by atoms with E-state index in [1.165, 1.54) is 24.3 Å². The summed E-state index contributed by atoms with van der Waals surface area (Å²) in [6, 6.07) is 5.16. The van der Waals surface area contributed by atoms with Crippen LogP contribution in [0.25, 0.3) is 0 Å². The molecule has 1 aliphatic heterocycles. The molecule has 5 nitrogen and oxygen atoms in total. The zero-order valence-corrected chi connectivity index (χ0v) is 19.7. The Morgan fingerprint density at radius 2 is 1.64 bits per heavy atom. The quantitative estimate of drug-likeness (QED) is 0.483. The third kappa shape index (κ3) is 6.03. The van der Waals surface area contributed by atoms with Gasteiger partial charge in [0.15, 0.2) is 9.84 Å². The highest BCUT2D eigenvalue weighted by Crippen LogP contribution is 2.37. The van der Waals surface area contributed by atoms with Crippen molar-refractivity contribution in [3.8, 4) is 0 Å². The van der Waals surface area contributed by atoms with E-state index in [-0.39, 0.29) is 34.8 Å². The lowest BCUT2D eigenvalue weighted by atomic mass is 9.96. The Bertz CT molecular complexity index is 1220. The highest BCUT2D eigenvalue weighted by Gasteiger charge is 2.39. The molecule has 0 aromatic heterocycles. The van der Waals surface area contributed by atoms with Gasteiger partial charge >= 0.3 is 12.4 Å². The molecule has 1 heterocycles. The fourth-order valence-electron chi connectivity index (χ4n) is 4.36. The monoisotopic (exact) mass is 534 g/mol. The Hall–Kier alpha value is -2.60. The molecule has 4 rings (SSSR count). The van der Waals surface area contributed by atoms with Gasteiger partial charge in [-0.05, 0) is 74.0 Å². The van der Waals surface area contributed by atoms with Crippen LogP contribution in [0.4, 0.5) is 26.3 Å². The number of hydrogen-bond acceptors (Lipinski definition) is 4. The largest absolute Gasteiger partial charge is 0.417 e. The predicted octanol–water partition coefficient (Wildman–Crippen LogP) is 5.13. The summed E-state index contributed by atoms with van der Waals surface area (Å²) in [6.45, 7) is 0.586. The van der Waals surface area contributed by atoms with Gasteiger partial charge in [-0.3, -0.25) is 4.79 Å². The van der Waals surface area contributed by atoms with Crippen molar-refractivity contribution in [2.45, 2.75) is 55.0 Å². The maximum atomic E-state index is 13.5. The maximum Gasteiger partial charge on any atom is 0.417 e.